The molecule has 0 aliphatic heterocycles. The fraction of sp³-hybridized carbons (Fsp3) is 0.455. The second-order valence-electron chi connectivity index (χ2n) is 4.47. The number of nitrogens with two attached hydrogens (primary N) is 1. The maximum atomic E-state index is 11.5. The summed E-state index contributed by atoms with van der Waals surface area (Å²) in [6.45, 7) is 5.51. The maximum absolute atomic E-state index is 11.5. The van der Waals surface area contributed by atoms with Crippen LogP contribution in [0.3, 0.4) is 0 Å². The predicted molar refractivity (Wildman–Crippen MR) is 65.9 cm³/mol. The van der Waals surface area contributed by atoms with Crippen molar-refractivity contribution in [2.24, 2.45) is 0 Å². The number of pyridine rings is 1. The molecule has 0 aliphatic rings. The van der Waals surface area contributed by atoms with E-state index in [0.29, 0.717) is 10.3 Å². The van der Waals surface area contributed by atoms with Crippen molar-refractivity contribution in [3.63, 3.8) is 0 Å². The monoisotopic (exact) mass is 286 g/mol. The van der Waals surface area contributed by atoms with Crippen LogP contribution in [0.1, 0.15) is 26.3 Å². The van der Waals surface area contributed by atoms with Gasteiger partial charge in [-0.05, 0) is 48.3 Å². The first-order valence-electron chi connectivity index (χ1n) is 4.89. The van der Waals surface area contributed by atoms with Gasteiger partial charge in [0.05, 0.1) is 10.9 Å². The summed E-state index contributed by atoms with van der Waals surface area (Å²) < 4.78 is 5.89. The second kappa shape index (κ2) is 4.82. The molecule has 0 fully saturated rings. The highest BCUT2D eigenvalue weighted by molar-refractivity contribution is 9.10. The van der Waals surface area contributed by atoms with Gasteiger partial charge < -0.3 is 10.5 Å². The van der Waals surface area contributed by atoms with Crippen molar-refractivity contribution in [1.82, 2.24) is 4.98 Å². The summed E-state index contributed by atoms with van der Waals surface area (Å²) in [6, 6.07) is 1.77. The first kappa shape index (κ1) is 13.0. The third-order valence-electron chi connectivity index (χ3n) is 1.69. The minimum absolute atomic E-state index is 0.198. The van der Waals surface area contributed by atoms with Crippen LogP contribution in [0, 0.1) is 0 Å². The number of nitrogen functional groups attached to an aromatic ring is 1. The Labute approximate surface area is 103 Å². The third kappa shape index (κ3) is 4.18. The quantitative estimate of drug-likeness (QED) is 0.848. The minimum Gasteiger partial charge on any atom is -0.460 e. The van der Waals surface area contributed by atoms with Gasteiger partial charge in [-0.15, -0.1) is 0 Å². The van der Waals surface area contributed by atoms with Crippen molar-refractivity contribution in [3.8, 4) is 0 Å². The van der Waals surface area contributed by atoms with Crippen LogP contribution in [0.2, 0.25) is 0 Å². The second-order valence-corrected chi connectivity index (χ2v) is 5.33. The molecule has 0 saturated heterocycles. The smallest absolute Gasteiger partial charge is 0.310 e. The van der Waals surface area contributed by atoms with E-state index in [4.69, 9.17) is 10.5 Å². The average Bonchev–Trinajstić information content (AvgIpc) is 2.08. The summed E-state index contributed by atoms with van der Waals surface area (Å²) in [7, 11) is 0. The van der Waals surface area contributed by atoms with Gasteiger partial charge in [-0.2, -0.15) is 0 Å². The molecule has 2 N–H and O–H groups in total. The number of nitrogens with zero attached hydrogens (tertiary/aromatic N) is 1. The van der Waals surface area contributed by atoms with Crippen LogP contribution in [-0.2, 0) is 16.0 Å². The van der Waals surface area contributed by atoms with E-state index in [2.05, 4.69) is 20.9 Å². The molecule has 0 amide bonds. The minimum atomic E-state index is -0.463. The van der Waals surface area contributed by atoms with E-state index in [1.807, 2.05) is 20.8 Å². The van der Waals surface area contributed by atoms with Crippen LogP contribution >= 0.6 is 15.9 Å². The molecule has 1 aromatic heterocycles. The van der Waals surface area contributed by atoms with Crippen molar-refractivity contribution in [2.45, 2.75) is 32.8 Å². The lowest BCUT2D eigenvalue weighted by Crippen LogP contribution is -2.24. The fourth-order valence-electron chi connectivity index (χ4n) is 1.13. The van der Waals surface area contributed by atoms with Gasteiger partial charge in [-0.3, -0.25) is 4.79 Å². The van der Waals surface area contributed by atoms with Crippen LogP contribution in [0.5, 0.6) is 0 Å². The van der Waals surface area contributed by atoms with Crippen molar-refractivity contribution >= 4 is 27.7 Å². The topological polar surface area (TPSA) is 65.2 Å². The highest BCUT2D eigenvalue weighted by Crippen LogP contribution is 2.18. The van der Waals surface area contributed by atoms with Crippen molar-refractivity contribution in [1.29, 1.82) is 0 Å². The number of halogens is 1. The molecule has 0 unspecified atom stereocenters. The number of aromatic nitrogens is 1. The van der Waals surface area contributed by atoms with Crippen molar-refractivity contribution in [2.75, 3.05) is 5.73 Å². The number of carbonyl (C=O) groups is 1. The molecule has 0 atom stereocenters. The SMILES string of the molecule is CC(C)(C)OC(=O)Cc1cnc(N)c(Br)c1. The van der Waals surface area contributed by atoms with Crippen LogP contribution < -0.4 is 5.73 Å². The Morgan fingerprint density at radius 1 is 1.56 bits per heavy atom. The van der Waals surface area contributed by atoms with Gasteiger partial charge >= 0.3 is 5.97 Å². The summed E-state index contributed by atoms with van der Waals surface area (Å²) >= 11 is 3.26. The molecule has 0 aromatic carbocycles. The van der Waals surface area contributed by atoms with Gasteiger partial charge in [0.15, 0.2) is 0 Å². The molecule has 0 bridgehead atoms. The first-order valence-corrected chi connectivity index (χ1v) is 5.69. The number of hydrogen-bond donors (Lipinski definition) is 1. The number of ether oxygens (including phenoxy) is 1. The molecule has 1 aromatic rings. The number of esters is 1. The van der Waals surface area contributed by atoms with Crippen LogP contribution in [-0.4, -0.2) is 16.6 Å². The number of anilines is 1. The zero-order valence-corrected chi connectivity index (χ0v) is 11.2. The molecule has 16 heavy (non-hydrogen) atoms. The third-order valence-corrected chi connectivity index (χ3v) is 2.33. The molecular weight excluding hydrogens is 272 g/mol. The standard InChI is InChI=1S/C11H15BrN2O2/c1-11(2,3)16-9(15)5-7-4-8(12)10(13)14-6-7/h4,6H,5H2,1-3H3,(H2,13,14). The van der Waals surface area contributed by atoms with E-state index in [1.54, 1.807) is 12.3 Å². The number of hydrogen-bond acceptors (Lipinski definition) is 4. The van der Waals surface area contributed by atoms with Crippen molar-refractivity contribution in [3.05, 3.63) is 22.3 Å². The van der Waals surface area contributed by atoms with Gasteiger partial charge in [0, 0.05) is 6.20 Å². The summed E-state index contributed by atoms with van der Waals surface area (Å²) in [5.41, 5.74) is 5.86. The Morgan fingerprint density at radius 3 is 2.69 bits per heavy atom. The lowest BCUT2D eigenvalue weighted by atomic mass is 10.1. The molecule has 88 valence electrons. The fourth-order valence-corrected chi connectivity index (χ4v) is 1.53. The molecule has 0 saturated carbocycles. The molecule has 0 aliphatic carbocycles. The van der Waals surface area contributed by atoms with E-state index >= 15 is 0 Å². The zero-order chi connectivity index (χ0) is 12.3. The van der Waals surface area contributed by atoms with E-state index in [9.17, 15) is 4.79 Å². The van der Waals surface area contributed by atoms with Gasteiger partial charge in [-0.25, -0.2) is 4.98 Å². The maximum Gasteiger partial charge on any atom is 0.310 e. The normalized spacial score (nSPS) is 11.2. The molecule has 0 radical (unpaired) electrons. The van der Waals surface area contributed by atoms with Crippen LogP contribution in [0.4, 0.5) is 5.82 Å². The molecular formula is C11H15BrN2O2. The average molecular weight is 287 g/mol. The molecule has 0 spiro atoms. The Hall–Kier alpha value is -1.10. The highest BCUT2D eigenvalue weighted by Gasteiger charge is 2.16. The van der Waals surface area contributed by atoms with E-state index in [0.717, 1.165) is 5.56 Å². The van der Waals surface area contributed by atoms with Gasteiger partial charge in [-0.1, -0.05) is 0 Å². The van der Waals surface area contributed by atoms with Gasteiger partial charge in [0.25, 0.3) is 0 Å². The van der Waals surface area contributed by atoms with Crippen LogP contribution in [0.15, 0.2) is 16.7 Å². The first-order chi connectivity index (χ1) is 7.28. The number of carbonyl (C=O) groups excluding carboxylic acids is 1. The number of rotatable bonds is 2. The van der Waals surface area contributed by atoms with Gasteiger partial charge in [0.2, 0.25) is 0 Å². The summed E-state index contributed by atoms with van der Waals surface area (Å²) in [4.78, 5) is 15.5. The molecule has 1 heterocycles. The molecule has 4 nitrogen and oxygen atoms in total. The predicted octanol–water partition coefficient (Wildman–Crippen LogP) is 2.31. The molecule has 1 rings (SSSR count). The largest absolute Gasteiger partial charge is 0.460 e. The lowest BCUT2D eigenvalue weighted by Gasteiger charge is -2.19. The van der Waals surface area contributed by atoms with Gasteiger partial charge in [0.1, 0.15) is 11.4 Å². The van der Waals surface area contributed by atoms with E-state index < -0.39 is 5.60 Å². The lowest BCUT2D eigenvalue weighted by molar-refractivity contribution is -0.153. The Kier molecular flexibility index (Phi) is 3.91. The summed E-state index contributed by atoms with van der Waals surface area (Å²) in [5, 5.41) is 0. The Bertz CT molecular complexity index is 399. The van der Waals surface area contributed by atoms with Crippen LogP contribution in [0.25, 0.3) is 0 Å². The molecule has 5 heteroatoms. The zero-order valence-electron chi connectivity index (χ0n) is 9.58. The highest BCUT2D eigenvalue weighted by atomic mass is 79.9. The van der Waals surface area contributed by atoms with E-state index in [1.165, 1.54) is 0 Å². The summed E-state index contributed by atoms with van der Waals surface area (Å²) in [6.07, 6.45) is 1.77. The Balaban J connectivity index is 2.67. The van der Waals surface area contributed by atoms with E-state index in [-0.39, 0.29) is 12.4 Å². The summed E-state index contributed by atoms with van der Waals surface area (Å²) in [5.74, 6) is 0.138. The van der Waals surface area contributed by atoms with Crippen molar-refractivity contribution < 1.29 is 9.53 Å². The Morgan fingerprint density at radius 2 is 2.19 bits per heavy atom.